The van der Waals surface area contributed by atoms with Gasteiger partial charge in [0.1, 0.15) is 11.6 Å². The number of carboxylic acid groups (broad SMARTS) is 2. The van der Waals surface area contributed by atoms with Crippen LogP contribution in [-0.4, -0.2) is 57.0 Å². The molecule has 0 radical (unpaired) electrons. The normalized spacial score (nSPS) is 23.8. The van der Waals surface area contributed by atoms with Gasteiger partial charge in [0.2, 0.25) is 0 Å². The van der Waals surface area contributed by atoms with Gasteiger partial charge in [-0.05, 0) is 38.5 Å². The minimum absolute atomic E-state index is 0.198. The van der Waals surface area contributed by atoms with E-state index in [1.807, 2.05) is 0 Å². The van der Waals surface area contributed by atoms with Crippen LogP contribution in [0.2, 0.25) is 0 Å². The molecule has 0 unspecified atom stereocenters. The number of piperidine rings is 1. The van der Waals surface area contributed by atoms with Crippen LogP contribution in [0.1, 0.15) is 38.5 Å². The number of amides is 2. The number of likely N-dealkylation sites (tertiary alicyclic amines) is 1. The molecule has 0 bridgehead atoms. The Morgan fingerprint density at radius 2 is 1.71 bits per heavy atom. The van der Waals surface area contributed by atoms with E-state index in [4.69, 9.17) is 10.2 Å². The third kappa shape index (κ3) is 2.84. The predicted molar refractivity (Wildman–Crippen MR) is 69.3 cm³/mol. The second-order valence-electron chi connectivity index (χ2n) is 5.54. The molecule has 1 saturated heterocycles. The maximum atomic E-state index is 12.1. The number of carboxylic acids is 2. The van der Waals surface area contributed by atoms with Crippen molar-refractivity contribution in [3.63, 3.8) is 0 Å². The molecule has 1 saturated carbocycles. The topological polar surface area (TPSA) is 124 Å². The maximum Gasteiger partial charge on any atom is 0.329 e. The molecule has 21 heavy (non-hydrogen) atoms. The van der Waals surface area contributed by atoms with Gasteiger partial charge in [-0.3, -0.25) is 9.59 Å². The molecule has 2 rings (SSSR count). The van der Waals surface area contributed by atoms with E-state index in [9.17, 15) is 19.2 Å². The van der Waals surface area contributed by atoms with Gasteiger partial charge in [0.05, 0.1) is 0 Å². The summed E-state index contributed by atoms with van der Waals surface area (Å²) in [5.74, 6) is -4.31. The standard InChI is InChI=1S/C13H18N2O6/c16-9(14-13(12(20)21)5-3-6-13)10(17)15-7-2-1-4-8(15)11(18)19/h8H,1-7H2,(H,14,16)(H,18,19)(H,20,21)/t8-/m1/s1. The second kappa shape index (κ2) is 5.71. The highest BCUT2D eigenvalue weighted by atomic mass is 16.4. The predicted octanol–water partition coefficient (Wildman–Crippen LogP) is -0.424. The molecule has 1 heterocycles. The van der Waals surface area contributed by atoms with E-state index in [1.165, 1.54) is 0 Å². The Balaban J connectivity index is 2.06. The molecule has 2 fully saturated rings. The van der Waals surface area contributed by atoms with Crippen LogP contribution in [0, 0.1) is 0 Å². The summed E-state index contributed by atoms with van der Waals surface area (Å²) in [4.78, 5) is 47.4. The number of aliphatic carboxylic acids is 2. The van der Waals surface area contributed by atoms with Crippen LogP contribution in [0.25, 0.3) is 0 Å². The first kappa shape index (κ1) is 15.3. The molecule has 1 aliphatic heterocycles. The van der Waals surface area contributed by atoms with Crippen LogP contribution < -0.4 is 5.32 Å². The Kier molecular flexibility index (Phi) is 4.15. The molecule has 0 aromatic heterocycles. The number of hydrogen-bond donors (Lipinski definition) is 3. The SMILES string of the molecule is O=C(NC1(C(=O)O)CCC1)C(=O)N1CCCC[C@@H]1C(=O)O. The van der Waals surface area contributed by atoms with Crippen molar-refractivity contribution in [2.45, 2.75) is 50.1 Å². The largest absolute Gasteiger partial charge is 0.480 e. The fourth-order valence-electron chi connectivity index (χ4n) is 2.76. The minimum Gasteiger partial charge on any atom is -0.480 e. The Hall–Kier alpha value is -2.12. The monoisotopic (exact) mass is 298 g/mol. The van der Waals surface area contributed by atoms with Crippen molar-refractivity contribution in [1.82, 2.24) is 10.2 Å². The van der Waals surface area contributed by atoms with Crippen LogP contribution in [0.5, 0.6) is 0 Å². The van der Waals surface area contributed by atoms with Gasteiger partial charge in [0.15, 0.2) is 0 Å². The van der Waals surface area contributed by atoms with Gasteiger partial charge in [0.25, 0.3) is 0 Å². The van der Waals surface area contributed by atoms with Crippen molar-refractivity contribution in [2.24, 2.45) is 0 Å². The molecule has 0 aromatic carbocycles. The summed E-state index contributed by atoms with van der Waals surface area (Å²) in [7, 11) is 0. The van der Waals surface area contributed by atoms with Gasteiger partial charge in [-0.15, -0.1) is 0 Å². The van der Waals surface area contributed by atoms with Crippen molar-refractivity contribution in [3.05, 3.63) is 0 Å². The van der Waals surface area contributed by atoms with E-state index in [1.54, 1.807) is 0 Å². The number of nitrogens with one attached hydrogen (secondary N) is 1. The van der Waals surface area contributed by atoms with Gasteiger partial charge < -0.3 is 20.4 Å². The maximum absolute atomic E-state index is 12.1. The van der Waals surface area contributed by atoms with E-state index in [0.29, 0.717) is 25.7 Å². The average Bonchev–Trinajstić information content (AvgIpc) is 2.41. The van der Waals surface area contributed by atoms with Crippen molar-refractivity contribution in [1.29, 1.82) is 0 Å². The molecule has 1 aliphatic carbocycles. The summed E-state index contributed by atoms with van der Waals surface area (Å²) in [5, 5.41) is 20.5. The molecule has 1 atom stereocenters. The molecular weight excluding hydrogens is 280 g/mol. The van der Waals surface area contributed by atoms with E-state index in [2.05, 4.69) is 5.32 Å². The van der Waals surface area contributed by atoms with Crippen LogP contribution in [0.3, 0.4) is 0 Å². The lowest BCUT2D eigenvalue weighted by Crippen LogP contribution is -2.63. The van der Waals surface area contributed by atoms with Crippen molar-refractivity contribution >= 4 is 23.8 Å². The van der Waals surface area contributed by atoms with Gasteiger partial charge >= 0.3 is 23.8 Å². The first-order valence-electron chi connectivity index (χ1n) is 6.97. The number of carbonyl (C=O) groups excluding carboxylic acids is 2. The molecule has 8 nitrogen and oxygen atoms in total. The summed E-state index contributed by atoms with van der Waals surface area (Å²) < 4.78 is 0. The van der Waals surface area contributed by atoms with Crippen molar-refractivity contribution < 1.29 is 29.4 Å². The van der Waals surface area contributed by atoms with E-state index in [0.717, 1.165) is 4.90 Å². The van der Waals surface area contributed by atoms with Gasteiger partial charge in [-0.2, -0.15) is 0 Å². The Labute approximate surface area is 121 Å². The summed E-state index contributed by atoms with van der Waals surface area (Å²) in [6.45, 7) is 0.198. The third-order valence-corrected chi connectivity index (χ3v) is 4.21. The highest BCUT2D eigenvalue weighted by molar-refractivity contribution is 6.36. The lowest BCUT2D eigenvalue weighted by Gasteiger charge is -2.39. The van der Waals surface area contributed by atoms with Gasteiger partial charge in [0, 0.05) is 6.54 Å². The lowest BCUT2D eigenvalue weighted by atomic mass is 9.76. The highest BCUT2D eigenvalue weighted by Gasteiger charge is 2.47. The van der Waals surface area contributed by atoms with Crippen molar-refractivity contribution in [2.75, 3.05) is 6.54 Å². The Bertz CT molecular complexity index is 485. The molecule has 2 aliphatic rings. The minimum atomic E-state index is -1.37. The van der Waals surface area contributed by atoms with E-state index >= 15 is 0 Å². The van der Waals surface area contributed by atoms with Crippen molar-refractivity contribution in [3.8, 4) is 0 Å². The number of rotatable bonds is 3. The first-order valence-corrected chi connectivity index (χ1v) is 6.97. The summed E-state index contributed by atoms with van der Waals surface area (Å²) in [6, 6.07) is -1.01. The van der Waals surface area contributed by atoms with Gasteiger partial charge in [-0.25, -0.2) is 9.59 Å². The molecule has 8 heteroatoms. The smallest absolute Gasteiger partial charge is 0.329 e. The molecule has 3 N–H and O–H groups in total. The molecule has 0 spiro atoms. The zero-order valence-electron chi connectivity index (χ0n) is 11.5. The van der Waals surface area contributed by atoms with Crippen LogP contribution in [0.4, 0.5) is 0 Å². The Morgan fingerprint density at radius 3 is 2.19 bits per heavy atom. The molecule has 0 aromatic rings. The summed E-state index contributed by atoms with van der Waals surface area (Å²) in [5.41, 5.74) is -1.37. The number of hydrogen-bond acceptors (Lipinski definition) is 4. The number of carbonyl (C=O) groups is 4. The van der Waals surface area contributed by atoms with Gasteiger partial charge in [-0.1, -0.05) is 0 Å². The summed E-state index contributed by atoms with van der Waals surface area (Å²) >= 11 is 0. The summed E-state index contributed by atoms with van der Waals surface area (Å²) in [6.07, 6.45) is 2.85. The van der Waals surface area contributed by atoms with Crippen LogP contribution in [-0.2, 0) is 19.2 Å². The fraction of sp³-hybridized carbons (Fsp3) is 0.692. The molecule has 116 valence electrons. The van der Waals surface area contributed by atoms with E-state index in [-0.39, 0.29) is 19.4 Å². The van der Waals surface area contributed by atoms with Crippen LogP contribution in [0.15, 0.2) is 0 Å². The quantitative estimate of drug-likeness (QED) is 0.608. The van der Waals surface area contributed by atoms with E-state index < -0.39 is 35.3 Å². The van der Waals surface area contributed by atoms with Crippen LogP contribution >= 0.6 is 0 Å². The molecule has 2 amide bonds. The Morgan fingerprint density at radius 1 is 1.05 bits per heavy atom. The highest BCUT2D eigenvalue weighted by Crippen LogP contribution is 2.32. The first-order chi connectivity index (χ1) is 9.87. The zero-order valence-corrected chi connectivity index (χ0v) is 11.5. The number of nitrogens with zero attached hydrogens (tertiary/aromatic N) is 1. The zero-order chi connectivity index (χ0) is 15.6. The third-order valence-electron chi connectivity index (χ3n) is 4.21. The lowest BCUT2D eigenvalue weighted by molar-refractivity contribution is -0.160. The second-order valence-corrected chi connectivity index (χ2v) is 5.54. The molecular formula is C13H18N2O6. The fourth-order valence-corrected chi connectivity index (χ4v) is 2.76. The average molecular weight is 298 g/mol.